The quantitative estimate of drug-likeness (QED) is 0.615. The van der Waals surface area contributed by atoms with E-state index in [1.807, 2.05) is 0 Å². The van der Waals surface area contributed by atoms with E-state index >= 15 is 0 Å². The van der Waals surface area contributed by atoms with E-state index in [0.29, 0.717) is 30.5 Å². The van der Waals surface area contributed by atoms with Crippen molar-refractivity contribution >= 4 is 21.9 Å². The molecule has 0 aromatic rings. The van der Waals surface area contributed by atoms with E-state index in [1.54, 1.807) is 0 Å². The van der Waals surface area contributed by atoms with E-state index in [9.17, 15) is 18.0 Å². The van der Waals surface area contributed by atoms with Crippen molar-refractivity contribution in [3.8, 4) is 0 Å². The molecule has 0 aliphatic heterocycles. The van der Waals surface area contributed by atoms with Crippen molar-refractivity contribution < 1.29 is 27.3 Å². The van der Waals surface area contributed by atoms with Gasteiger partial charge in [-0.05, 0) is 37.5 Å². The summed E-state index contributed by atoms with van der Waals surface area (Å²) in [4.78, 5) is 24.6. The molecule has 4 rings (SSSR count). The Kier molecular flexibility index (Phi) is 3.40. The van der Waals surface area contributed by atoms with E-state index < -0.39 is 27.3 Å². The van der Waals surface area contributed by atoms with Gasteiger partial charge in [-0.15, -0.1) is 0 Å². The van der Waals surface area contributed by atoms with Gasteiger partial charge in [0.05, 0.1) is 5.41 Å². The fourth-order valence-electron chi connectivity index (χ4n) is 4.61. The Labute approximate surface area is 124 Å². The van der Waals surface area contributed by atoms with Gasteiger partial charge >= 0.3 is 5.97 Å². The Balaban J connectivity index is 1.71. The van der Waals surface area contributed by atoms with Crippen molar-refractivity contribution in [2.75, 3.05) is 12.4 Å². The smallest absolute Gasteiger partial charge is 0.312 e. The first kappa shape index (κ1) is 15.0. The number of ketones is 1. The SMILES string of the molecule is CC1C2CC3CC(C(=O)OCCS(=O)(=O)O)(C2)CC1C3=O. The van der Waals surface area contributed by atoms with Crippen LogP contribution in [0.25, 0.3) is 0 Å². The maximum absolute atomic E-state index is 12.4. The van der Waals surface area contributed by atoms with Crippen LogP contribution < -0.4 is 0 Å². The molecule has 0 heterocycles. The molecule has 21 heavy (non-hydrogen) atoms. The zero-order valence-electron chi connectivity index (χ0n) is 11.9. The lowest BCUT2D eigenvalue weighted by molar-refractivity contribution is -0.179. The number of esters is 1. The monoisotopic (exact) mass is 316 g/mol. The van der Waals surface area contributed by atoms with Crippen LogP contribution in [0.3, 0.4) is 0 Å². The molecule has 0 aromatic carbocycles. The number of rotatable bonds is 4. The molecule has 6 nitrogen and oxygen atoms in total. The Morgan fingerprint density at radius 3 is 2.76 bits per heavy atom. The minimum Gasteiger partial charge on any atom is -0.464 e. The first-order chi connectivity index (χ1) is 9.72. The van der Waals surface area contributed by atoms with Crippen LogP contribution in [0.2, 0.25) is 0 Å². The van der Waals surface area contributed by atoms with Crippen molar-refractivity contribution in [3.05, 3.63) is 0 Å². The summed E-state index contributed by atoms with van der Waals surface area (Å²) in [5, 5.41) is 0. The largest absolute Gasteiger partial charge is 0.464 e. The second-order valence-electron chi connectivity index (χ2n) is 6.88. The highest BCUT2D eigenvalue weighted by molar-refractivity contribution is 7.85. The van der Waals surface area contributed by atoms with E-state index in [4.69, 9.17) is 9.29 Å². The molecule has 1 N–H and O–H groups in total. The molecular weight excluding hydrogens is 296 g/mol. The lowest BCUT2D eigenvalue weighted by Crippen LogP contribution is -2.58. The minimum atomic E-state index is -4.12. The predicted octanol–water partition coefficient (Wildman–Crippen LogP) is 1.06. The first-order valence-electron chi connectivity index (χ1n) is 7.38. The summed E-state index contributed by atoms with van der Waals surface area (Å²) in [5.41, 5.74) is -0.613. The van der Waals surface area contributed by atoms with Crippen molar-refractivity contribution in [2.45, 2.75) is 32.6 Å². The summed E-state index contributed by atoms with van der Waals surface area (Å²) < 4.78 is 35.1. The molecule has 0 radical (unpaired) electrons. The Bertz CT molecular complexity index is 582. The molecular formula is C14H20O6S. The molecule has 0 aromatic heterocycles. The molecule has 7 heteroatoms. The van der Waals surface area contributed by atoms with Gasteiger partial charge in [0.15, 0.2) is 0 Å². The van der Waals surface area contributed by atoms with Crippen LogP contribution >= 0.6 is 0 Å². The van der Waals surface area contributed by atoms with Crippen LogP contribution in [0.1, 0.15) is 32.6 Å². The third kappa shape index (κ3) is 2.50. The molecule has 4 aliphatic rings. The van der Waals surface area contributed by atoms with Crippen LogP contribution in [0.5, 0.6) is 0 Å². The van der Waals surface area contributed by atoms with Gasteiger partial charge < -0.3 is 4.74 Å². The normalized spacial score (nSPS) is 41.3. The second kappa shape index (κ2) is 4.78. The van der Waals surface area contributed by atoms with Gasteiger partial charge in [-0.25, -0.2) is 0 Å². The number of hydrogen-bond acceptors (Lipinski definition) is 5. The number of carbonyl (C=O) groups excluding carboxylic acids is 2. The lowest BCUT2D eigenvalue weighted by Gasteiger charge is -2.56. The third-order valence-electron chi connectivity index (χ3n) is 5.64. The number of Topliss-reactive ketones (excluding diaryl/α,β-unsaturated/α-hetero) is 1. The highest BCUT2D eigenvalue weighted by Crippen LogP contribution is 2.61. The molecule has 0 saturated heterocycles. The molecule has 118 valence electrons. The van der Waals surface area contributed by atoms with Gasteiger partial charge in [-0.2, -0.15) is 8.42 Å². The second-order valence-corrected chi connectivity index (χ2v) is 8.45. The van der Waals surface area contributed by atoms with E-state index in [-0.39, 0.29) is 18.4 Å². The minimum absolute atomic E-state index is 0.0344. The fraction of sp³-hybridized carbons (Fsp3) is 0.857. The number of hydrogen-bond donors (Lipinski definition) is 1. The molecule has 5 atom stereocenters. The fourth-order valence-corrected chi connectivity index (χ4v) is 4.91. The summed E-state index contributed by atoms with van der Waals surface area (Å²) >= 11 is 0. The summed E-state index contributed by atoms with van der Waals surface area (Å²) in [5.74, 6) is -0.0640. The molecule has 4 fully saturated rings. The highest BCUT2D eigenvalue weighted by atomic mass is 32.2. The molecule has 0 amide bonds. The molecule has 4 bridgehead atoms. The van der Waals surface area contributed by atoms with Gasteiger partial charge in [0.2, 0.25) is 0 Å². The van der Waals surface area contributed by atoms with E-state index in [0.717, 1.165) is 12.8 Å². The maximum atomic E-state index is 12.4. The lowest BCUT2D eigenvalue weighted by atomic mass is 9.46. The van der Waals surface area contributed by atoms with Crippen molar-refractivity contribution in [1.29, 1.82) is 0 Å². The van der Waals surface area contributed by atoms with E-state index in [2.05, 4.69) is 6.92 Å². The average Bonchev–Trinajstić information content (AvgIpc) is 2.39. The summed E-state index contributed by atoms with van der Waals surface area (Å²) in [6.45, 7) is 1.76. The molecule has 5 unspecified atom stereocenters. The van der Waals surface area contributed by atoms with Crippen LogP contribution in [0, 0.1) is 29.1 Å². The number of ether oxygens (including phenoxy) is 1. The predicted molar refractivity (Wildman–Crippen MR) is 72.9 cm³/mol. The molecule has 0 spiro atoms. The van der Waals surface area contributed by atoms with Crippen LogP contribution in [0.4, 0.5) is 0 Å². The zero-order valence-corrected chi connectivity index (χ0v) is 12.8. The van der Waals surface area contributed by atoms with Crippen LogP contribution in [-0.4, -0.2) is 37.1 Å². The average molecular weight is 316 g/mol. The highest BCUT2D eigenvalue weighted by Gasteiger charge is 2.61. The van der Waals surface area contributed by atoms with Gasteiger partial charge in [0, 0.05) is 11.8 Å². The van der Waals surface area contributed by atoms with Crippen LogP contribution in [-0.2, 0) is 24.4 Å². The van der Waals surface area contributed by atoms with Gasteiger partial charge in [-0.3, -0.25) is 14.1 Å². The van der Waals surface area contributed by atoms with Crippen LogP contribution in [0.15, 0.2) is 0 Å². The Hall–Kier alpha value is -0.950. The van der Waals surface area contributed by atoms with Gasteiger partial charge in [0.25, 0.3) is 10.1 Å². The zero-order chi connectivity index (χ0) is 15.4. The topological polar surface area (TPSA) is 97.7 Å². The summed E-state index contributed by atoms with van der Waals surface area (Å²) in [6, 6.07) is 0. The van der Waals surface area contributed by atoms with Gasteiger partial charge in [-0.1, -0.05) is 6.92 Å². The molecule has 4 saturated carbocycles. The first-order valence-corrected chi connectivity index (χ1v) is 8.99. The summed E-state index contributed by atoms with van der Waals surface area (Å²) in [6.07, 6.45) is 2.68. The number of carbonyl (C=O) groups is 2. The standard InChI is InChI=1S/C14H20O6S/c1-8-9-4-10-6-14(5-9,7-11(8)12(10)15)13(16)20-2-3-21(17,18)19/h8-11H,2-7H2,1H3,(H,17,18,19). The summed E-state index contributed by atoms with van der Waals surface area (Å²) in [7, 11) is -4.12. The molecule has 4 aliphatic carbocycles. The van der Waals surface area contributed by atoms with Gasteiger partial charge in [0.1, 0.15) is 18.1 Å². The van der Waals surface area contributed by atoms with E-state index in [1.165, 1.54) is 0 Å². The maximum Gasteiger partial charge on any atom is 0.312 e. The van der Waals surface area contributed by atoms with Crippen molar-refractivity contribution in [3.63, 3.8) is 0 Å². The Morgan fingerprint density at radius 1 is 1.38 bits per heavy atom. The van der Waals surface area contributed by atoms with Crippen molar-refractivity contribution in [1.82, 2.24) is 0 Å². The van der Waals surface area contributed by atoms with Crippen molar-refractivity contribution in [2.24, 2.45) is 29.1 Å². The third-order valence-corrected chi connectivity index (χ3v) is 6.32. The Morgan fingerprint density at radius 2 is 2.10 bits per heavy atom.